The zero-order valence-corrected chi connectivity index (χ0v) is 9.07. The van der Waals surface area contributed by atoms with E-state index in [9.17, 15) is 13.9 Å². The van der Waals surface area contributed by atoms with Gasteiger partial charge in [-0.25, -0.2) is 8.78 Å². The van der Waals surface area contributed by atoms with Crippen LogP contribution in [0.5, 0.6) is 0 Å². The first-order chi connectivity index (χ1) is 7.66. The van der Waals surface area contributed by atoms with Gasteiger partial charge in [0.25, 0.3) is 6.43 Å². The second kappa shape index (κ2) is 4.91. The Hall–Kier alpha value is -0.960. The predicted octanol–water partition coefficient (Wildman–Crippen LogP) is 3.85. The second-order valence-electron chi connectivity index (χ2n) is 4.50. The minimum Gasteiger partial charge on any atom is -0.388 e. The topological polar surface area (TPSA) is 20.2 Å². The molecule has 1 aliphatic carbocycles. The van der Waals surface area contributed by atoms with Gasteiger partial charge >= 0.3 is 0 Å². The molecule has 0 amide bonds. The van der Waals surface area contributed by atoms with Crippen LogP contribution in [0.25, 0.3) is 0 Å². The molecule has 88 valence electrons. The number of rotatable bonds is 5. The molecule has 0 radical (unpaired) electrons. The smallest absolute Gasteiger partial charge is 0.263 e. The van der Waals surface area contributed by atoms with Crippen molar-refractivity contribution in [3.8, 4) is 0 Å². The van der Waals surface area contributed by atoms with Crippen molar-refractivity contribution in [2.45, 2.75) is 38.2 Å². The summed E-state index contributed by atoms with van der Waals surface area (Å²) in [5.41, 5.74) is 0.753. The van der Waals surface area contributed by atoms with E-state index in [1.165, 1.54) is 25.0 Å². The summed E-state index contributed by atoms with van der Waals surface area (Å²) >= 11 is 0. The number of benzene rings is 1. The lowest BCUT2D eigenvalue weighted by Crippen LogP contribution is -1.98. The molecule has 1 atom stereocenters. The van der Waals surface area contributed by atoms with Gasteiger partial charge in [-0.05, 0) is 24.3 Å². The van der Waals surface area contributed by atoms with E-state index in [4.69, 9.17) is 0 Å². The first-order valence-corrected chi connectivity index (χ1v) is 5.73. The molecule has 16 heavy (non-hydrogen) atoms. The van der Waals surface area contributed by atoms with Gasteiger partial charge in [0.2, 0.25) is 0 Å². The van der Waals surface area contributed by atoms with Crippen molar-refractivity contribution >= 4 is 0 Å². The van der Waals surface area contributed by atoms with Gasteiger partial charge in [-0.3, -0.25) is 0 Å². The molecule has 1 unspecified atom stereocenters. The van der Waals surface area contributed by atoms with Gasteiger partial charge in [0, 0.05) is 5.56 Å². The summed E-state index contributed by atoms with van der Waals surface area (Å²) in [5.74, 6) is 0.787. The van der Waals surface area contributed by atoms with Crippen LogP contribution in [0.3, 0.4) is 0 Å². The van der Waals surface area contributed by atoms with Crippen LogP contribution < -0.4 is 0 Å². The van der Waals surface area contributed by atoms with Crippen molar-refractivity contribution in [3.63, 3.8) is 0 Å². The highest BCUT2D eigenvalue weighted by atomic mass is 19.3. The SMILES string of the molecule is OC(CCC1CC1)c1ccc(C(F)F)cc1. The van der Waals surface area contributed by atoms with E-state index in [1.807, 2.05) is 0 Å². The molecule has 2 rings (SSSR count). The summed E-state index contributed by atoms with van der Waals surface area (Å²) in [7, 11) is 0. The lowest BCUT2D eigenvalue weighted by molar-refractivity contribution is 0.150. The molecular weight excluding hydrogens is 210 g/mol. The van der Waals surface area contributed by atoms with Gasteiger partial charge in [0.05, 0.1) is 6.10 Å². The molecule has 0 aromatic heterocycles. The van der Waals surface area contributed by atoms with Gasteiger partial charge in [-0.15, -0.1) is 0 Å². The summed E-state index contributed by atoms with van der Waals surface area (Å²) in [6.07, 6.45) is 1.38. The van der Waals surface area contributed by atoms with E-state index >= 15 is 0 Å². The van der Waals surface area contributed by atoms with Gasteiger partial charge in [0.1, 0.15) is 0 Å². The van der Waals surface area contributed by atoms with E-state index in [0.717, 1.165) is 24.3 Å². The number of hydrogen-bond donors (Lipinski definition) is 1. The Morgan fingerprint density at radius 2 is 1.69 bits per heavy atom. The van der Waals surface area contributed by atoms with Crippen LogP contribution in [0, 0.1) is 5.92 Å². The Labute approximate surface area is 94.1 Å². The number of alkyl halides is 2. The molecule has 0 aliphatic heterocycles. The molecule has 1 aromatic carbocycles. The number of aliphatic hydroxyl groups excluding tert-OH is 1. The Kier molecular flexibility index (Phi) is 3.54. The average Bonchev–Trinajstić information content (AvgIpc) is 3.10. The third kappa shape index (κ3) is 3.01. The van der Waals surface area contributed by atoms with Crippen molar-refractivity contribution in [3.05, 3.63) is 35.4 Å². The molecule has 0 heterocycles. The Balaban J connectivity index is 1.91. The Morgan fingerprint density at radius 1 is 1.12 bits per heavy atom. The monoisotopic (exact) mass is 226 g/mol. The van der Waals surface area contributed by atoms with Crippen molar-refractivity contribution < 1.29 is 13.9 Å². The second-order valence-corrected chi connectivity index (χ2v) is 4.50. The minimum absolute atomic E-state index is 0.0122. The average molecular weight is 226 g/mol. The first kappa shape index (κ1) is 11.5. The molecule has 0 saturated heterocycles. The third-order valence-corrected chi connectivity index (χ3v) is 3.12. The molecule has 1 nitrogen and oxygen atoms in total. The lowest BCUT2D eigenvalue weighted by atomic mass is 10.0. The molecule has 0 spiro atoms. The summed E-state index contributed by atoms with van der Waals surface area (Å²) in [6.45, 7) is 0. The first-order valence-electron chi connectivity index (χ1n) is 5.73. The highest BCUT2D eigenvalue weighted by molar-refractivity contribution is 5.24. The fourth-order valence-electron chi connectivity index (χ4n) is 1.83. The standard InChI is InChI=1S/C13H16F2O/c14-13(15)11-6-4-10(5-7-11)12(16)8-3-9-1-2-9/h4-7,9,12-13,16H,1-3,8H2. The number of halogens is 2. The van der Waals surface area contributed by atoms with Crippen LogP contribution in [0.15, 0.2) is 24.3 Å². The summed E-state index contributed by atoms with van der Waals surface area (Å²) in [5, 5.41) is 9.84. The zero-order chi connectivity index (χ0) is 11.5. The van der Waals surface area contributed by atoms with Crippen molar-refractivity contribution in [1.29, 1.82) is 0 Å². The van der Waals surface area contributed by atoms with Crippen molar-refractivity contribution in [2.75, 3.05) is 0 Å². The van der Waals surface area contributed by atoms with E-state index in [1.54, 1.807) is 12.1 Å². The Morgan fingerprint density at radius 3 is 2.19 bits per heavy atom. The molecule has 1 saturated carbocycles. The molecule has 1 N–H and O–H groups in total. The number of hydrogen-bond acceptors (Lipinski definition) is 1. The van der Waals surface area contributed by atoms with Crippen molar-refractivity contribution in [1.82, 2.24) is 0 Å². The largest absolute Gasteiger partial charge is 0.388 e. The summed E-state index contributed by atoms with van der Waals surface area (Å²) in [4.78, 5) is 0. The highest BCUT2D eigenvalue weighted by Gasteiger charge is 2.22. The van der Waals surface area contributed by atoms with Crippen LogP contribution in [-0.4, -0.2) is 5.11 Å². The molecule has 3 heteroatoms. The van der Waals surface area contributed by atoms with E-state index in [-0.39, 0.29) is 5.56 Å². The predicted molar refractivity (Wildman–Crippen MR) is 58.3 cm³/mol. The normalized spacial score (nSPS) is 17.8. The maximum absolute atomic E-state index is 12.3. The maximum Gasteiger partial charge on any atom is 0.263 e. The van der Waals surface area contributed by atoms with Crippen LogP contribution >= 0.6 is 0 Å². The third-order valence-electron chi connectivity index (χ3n) is 3.12. The lowest BCUT2D eigenvalue weighted by Gasteiger charge is -2.11. The van der Waals surface area contributed by atoms with E-state index in [2.05, 4.69) is 0 Å². The van der Waals surface area contributed by atoms with Crippen LogP contribution in [-0.2, 0) is 0 Å². The van der Waals surface area contributed by atoms with Gasteiger partial charge in [-0.2, -0.15) is 0 Å². The molecule has 0 bridgehead atoms. The molecule has 1 aliphatic rings. The Bertz CT molecular complexity index is 330. The quantitative estimate of drug-likeness (QED) is 0.808. The van der Waals surface area contributed by atoms with Crippen LogP contribution in [0.1, 0.15) is 49.3 Å². The van der Waals surface area contributed by atoms with Gasteiger partial charge < -0.3 is 5.11 Å². The van der Waals surface area contributed by atoms with Gasteiger partial charge in [-0.1, -0.05) is 37.1 Å². The van der Waals surface area contributed by atoms with E-state index in [0.29, 0.717) is 0 Å². The minimum atomic E-state index is -2.43. The van der Waals surface area contributed by atoms with Crippen molar-refractivity contribution in [2.24, 2.45) is 5.92 Å². The molecular formula is C13H16F2O. The zero-order valence-electron chi connectivity index (χ0n) is 9.07. The van der Waals surface area contributed by atoms with Gasteiger partial charge in [0.15, 0.2) is 0 Å². The molecule has 1 fully saturated rings. The van der Waals surface area contributed by atoms with Crippen LogP contribution in [0.4, 0.5) is 8.78 Å². The fraction of sp³-hybridized carbons (Fsp3) is 0.538. The number of aliphatic hydroxyl groups is 1. The molecule has 1 aromatic rings. The summed E-state index contributed by atoms with van der Waals surface area (Å²) < 4.78 is 24.6. The van der Waals surface area contributed by atoms with E-state index < -0.39 is 12.5 Å². The van der Waals surface area contributed by atoms with Crippen LogP contribution in [0.2, 0.25) is 0 Å². The maximum atomic E-state index is 12.3. The highest BCUT2D eigenvalue weighted by Crippen LogP contribution is 2.36. The fourth-order valence-corrected chi connectivity index (χ4v) is 1.83. The summed E-state index contributed by atoms with van der Waals surface area (Å²) in [6, 6.07) is 5.97.